The number of halogens is 2. The van der Waals surface area contributed by atoms with Gasteiger partial charge in [0.2, 0.25) is 0 Å². The Morgan fingerprint density at radius 2 is 2.09 bits per heavy atom. The predicted octanol–water partition coefficient (Wildman–Crippen LogP) is 3.63. The molecule has 110 valence electrons. The molecule has 0 fully saturated rings. The molecule has 0 bridgehead atoms. The van der Waals surface area contributed by atoms with Crippen LogP contribution >= 0.6 is 23.2 Å². The lowest BCUT2D eigenvalue weighted by atomic mass is 10.2. The fourth-order valence-electron chi connectivity index (χ4n) is 1.91. The van der Waals surface area contributed by atoms with Gasteiger partial charge in [0.05, 0.1) is 28.6 Å². The zero-order chi connectivity index (χ0) is 15.5. The van der Waals surface area contributed by atoms with E-state index < -0.39 is 0 Å². The van der Waals surface area contributed by atoms with Crippen LogP contribution in [0.15, 0.2) is 47.8 Å². The van der Waals surface area contributed by atoms with Crippen molar-refractivity contribution in [2.24, 2.45) is 5.10 Å². The van der Waals surface area contributed by atoms with Crippen LogP contribution in [0, 0.1) is 0 Å². The van der Waals surface area contributed by atoms with Crippen molar-refractivity contribution < 1.29 is 4.79 Å². The molecule has 0 aliphatic rings. The van der Waals surface area contributed by atoms with E-state index in [1.165, 1.54) is 6.21 Å². The lowest BCUT2D eigenvalue weighted by Gasteiger charge is -2.01. The molecule has 2 N–H and O–H groups in total. The van der Waals surface area contributed by atoms with Gasteiger partial charge in [-0.15, -0.1) is 0 Å². The lowest BCUT2D eigenvalue weighted by Crippen LogP contribution is -2.17. The van der Waals surface area contributed by atoms with E-state index in [1.54, 1.807) is 42.7 Å². The quantitative estimate of drug-likeness (QED) is 0.567. The number of carbonyl (C=O) groups is 1. The summed E-state index contributed by atoms with van der Waals surface area (Å²) in [6, 6.07) is 10.2. The number of hydrogen-bond donors (Lipinski definition) is 2. The van der Waals surface area contributed by atoms with Gasteiger partial charge in [0, 0.05) is 16.1 Å². The Morgan fingerprint density at radius 3 is 2.91 bits per heavy atom. The number of hydrogen-bond acceptors (Lipinski definition) is 3. The van der Waals surface area contributed by atoms with Gasteiger partial charge >= 0.3 is 0 Å². The summed E-state index contributed by atoms with van der Waals surface area (Å²) >= 11 is 11.8. The van der Waals surface area contributed by atoms with Gasteiger partial charge in [0.1, 0.15) is 0 Å². The summed E-state index contributed by atoms with van der Waals surface area (Å²) in [7, 11) is 0. The predicted molar refractivity (Wildman–Crippen MR) is 87.6 cm³/mol. The Bertz CT molecular complexity index is 873. The van der Waals surface area contributed by atoms with E-state index in [0.717, 1.165) is 11.0 Å². The molecule has 22 heavy (non-hydrogen) atoms. The van der Waals surface area contributed by atoms with Crippen LogP contribution < -0.4 is 5.43 Å². The molecule has 1 aromatic heterocycles. The highest BCUT2D eigenvalue weighted by Crippen LogP contribution is 2.19. The summed E-state index contributed by atoms with van der Waals surface area (Å²) < 4.78 is 0. The molecule has 0 saturated carbocycles. The average Bonchev–Trinajstić information content (AvgIpc) is 2.96. The first-order valence-electron chi connectivity index (χ1n) is 6.35. The second-order valence-electron chi connectivity index (χ2n) is 4.50. The number of carbonyl (C=O) groups excluding carboxylic acids is 1. The topological polar surface area (TPSA) is 70.1 Å². The third-order valence-corrected chi connectivity index (χ3v) is 3.58. The van der Waals surface area contributed by atoms with Crippen LogP contribution in [0.4, 0.5) is 0 Å². The van der Waals surface area contributed by atoms with E-state index in [9.17, 15) is 4.79 Å². The maximum Gasteiger partial charge on any atom is 0.271 e. The van der Waals surface area contributed by atoms with E-state index in [1.807, 2.05) is 0 Å². The molecule has 5 nitrogen and oxygen atoms in total. The lowest BCUT2D eigenvalue weighted by molar-refractivity contribution is 0.0955. The monoisotopic (exact) mass is 332 g/mol. The zero-order valence-corrected chi connectivity index (χ0v) is 12.7. The first-order chi connectivity index (χ1) is 10.6. The number of hydrazone groups is 1. The van der Waals surface area contributed by atoms with Gasteiger partial charge in [0.25, 0.3) is 5.91 Å². The fraction of sp³-hybridized carbons (Fsp3) is 0. The smallest absolute Gasteiger partial charge is 0.271 e. The summed E-state index contributed by atoms with van der Waals surface area (Å²) in [5, 5.41) is 4.90. The van der Waals surface area contributed by atoms with Crippen molar-refractivity contribution in [1.82, 2.24) is 15.4 Å². The van der Waals surface area contributed by atoms with Crippen molar-refractivity contribution >= 4 is 46.4 Å². The molecule has 3 aromatic rings. The number of imidazole rings is 1. The van der Waals surface area contributed by atoms with Crippen molar-refractivity contribution in [2.75, 3.05) is 0 Å². The molecular weight excluding hydrogens is 323 g/mol. The summed E-state index contributed by atoms with van der Waals surface area (Å²) in [4.78, 5) is 19.1. The molecule has 7 heteroatoms. The van der Waals surface area contributed by atoms with Gasteiger partial charge < -0.3 is 4.98 Å². The Labute approximate surface area is 136 Å². The van der Waals surface area contributed by atoms with E-state index in [-0.39, 0.29) is 5.91 Å². The number of amides is 1. The number of rotatable bonds is 3. The van der Waals surface area contributed by atoms with Crippen molar-refractivity contribution in [3.05, 3.63) is 63.9 Å². The SMILES string of the molecule is O=C(N/N=C/c1ccc(Cl)cc1Cl)c1ccc2nc[nH]c2c1. The van der Waals surface area contributed by atoms with Crippen LogP contribution in [0.2, 0.25) is 10.0 Å². The minimum atomic E-state index is -0.321. The largest absolute Gasteiger partial charge is 0.345 e. The number of aromatic amines is 1. The molecule has 2 aromatic carbocycles. The summed E-state index contributed by atoms with van der Waals surface area (Å²) in [6.45, 7) is 0. The normalized spacial score (nSPS) is 11.2. The Kier molecular flexibility index (Phi) is 4.09. The molecular formula is C15H10Cl2N4O. The molecule has 0 spiro atoms. The van der Waals surface area contributed by atoms with Crippen molar-refractivity contribution in [3.63, 3.8) is 0 Å². The van der Waals surface area contributed by atoms with Crippen LogP contribution in [-0.2, 0) is 0 Å². The second kappa shape index (κ2) is 6.17. The molecule has 0 atom stereocenters. The fourth-order valence-corrected chi connectivity index (χ4v) is 2.37. The number of benzene rings is 2. The molecule has 3 rings (SSSR count). The van der Waals surface area contributed by atoms with Crippen LogP contribution in [0.3, 0.4) is 0 Å². The van der Waals surface area contributed by atoms with Crippen molar-refractivity contribution in [1.29, 1.82) is 0 Å². The molecule has 0 aliphatic carbocycles. The molecule has 0 radical (unpaired) electrons. The molecule has 0 unspecified atom stereocenters. The van der Waals surface area contributed by atoms with Gasteiger partial charge in [0.15, 0.2) is 0 Å². The third kappa shape index (κ3) is 3.10. The first kappa shape index (κ1) is 14.6. The van der Waals surface area contributed by atoms with Crippen LogP contribution in [0.5, 0.6) is 0 Å². The number of nitrogens with one attached hydrogen (secondary N) is 2. The van der Waals surface area contributed by atoms with Crippen molar-refractivity contribution in [3.8, 4) is 0 Å². The van der Waals surface area contributed by atoms with Gasteiger partial charge in [-0.3, -0.25) is 4.79 Å². The van der Waals surface area contributed by atoms with Gasteiger partial charge in [-0.05, 0) is 30.3 Å². The average molecular weight is 333 g/mol. The molecule has 1 heterocycles. The highest BCUT2D eigenvalue weighted by molar-refractivity contribution is 6.36. The standard InChI is InChI=1S/C15H10Cl2N4O/c16-11-3-1-10(12(17)6-11)7-20-21-15(22)9-2-4-13-14(5-9)19-8-18-13/h1-8H,(H,18,19)(H,21,22)/b20-7+. The molecule has 0 saturated heterocycles. The van der Waals surface area contributed by atoms with Crippen LogP contribution in [-0.4, -0.2) is 22.1 Å². The minimum absolute atomic E-state index is 0.321. The highest BCUT2D eigenvalue weighted by Gasteiger charge is 2.06. The number of nitrogens with zero attached hydrogens (tertiary/aromatic N) is 2. The minimum Gasteiger partial charge on any atom is -0.345 e. The maximum absolute atomic E-state index is 12.0. The number of aromatic nitrogens is 2. The second-order valence-corrected chi connectivity index (χ2v) is 5.34. The van der Waals surface area contributed by atoms with E-state index in [0.29, 0.717) is 21.2 Å². The highest BCUT2D eigenvalue weighted by atomic mass is 35.5. The Balaban J connectivity index is 1.72. The summed E-state index contributed by atoms with van der Waals surface area (Å²) in [5.41, 5.74) is 5.18. The van der Waals surface area contributed by atoms with Crippen LogP contribution in [0.25, 0.3) is 11.0 Å². The zero-order valence-electron chi connectivity index (χ0n) is 11.2. The van der Waals surface area contributed by atoms with Gasteiger partial charge in [-0.2, -0.15) is 5.10 Å². The molecule has 1 amide bonds. The van der Waals surface area contributed by atoms with Crippen molar-refractivity contribution in [2.45, 2.75) is 0 Å². The van der Waals surface area contributed by atoms with Crippen LogP contribution in [0.1, 0.15) is 15.9 Å². The van der Waals surface area contributed by atoms with Gasteiger partial charge in [-0.1, -0.05) is 29.3 Å². The third-order valence-electron chi connectivity index (χ3n) is 3.01. The van der Waals surface area contributed by atoms with E-state index in [4.69, 9.17) is 23.2 Å². The molecule has 0 aliphatic heterocycles. The maximum atomic E-state index is 12.0. The Morgan fingerprint density at radius 1 is 1.23 bits per heavy atom. The summed E-state index contributed by atoms with van der Waals surface area (Å²) in [6.07, 6.45) is 3.04. The van der Waals surface area contributed by atoms with E-state index >= 15 is 0 Å². The number of H-pyrrole nitrogens is 1. The summed E-state index contributed by atoms with van der Waals surface area (Å²) in [5.74, 6) is -0.321. The van der Waals surface area contributed by atoms with Gasteiger partial charge in [-0.25, -0.2) is 10.4 Å². The van der Waals surface area contributed by atoms with E-state index in [2.05, 4.69) is 20.5 Å². The number of fused-ring (bicyclic) bond motifs is 1. The first-order valence-corrected chi connectivity index (χ1v) is 7.11. The Hall–Kier alpha value is -2.37.